The van der Waals surface area contributed by atoms with E-state index in [1.165, 1.54) is 12.1 Å². The third kappa shape index (κ3) is 4.53. The number of carboxylic acids is 1. The molecule has 0 saturated heterocycles. The zero-order valence-electron chi connectivity index (χ0n) is 13.2. The highest BCUT2D eigenvalue weighted by Gasteiger charge is 2.25. The summed E-state index contributed by atoms with van der Waals surface area (Å²) in [6.45, 7) is 2.42. The Hall–Kier alpha value is -2.40. The van der Waals surface area contributed by atoms with Gasteiger partial charge in [-0.15, -0.1) is 0 Å². The maximum atomic E-state index is 13.4. The molecule has 0 aliphatic carbocycles. The minimum atomic E-state index is -0.974. The molecule has 2 rings (SSSR count). The van der Waals surface area contributed by atoms with Gasteiger partial charge in [-0.05, 0) is 43.3 Å². The lowest BCUT2D eigenvalue weighted by molar-refractivity contribution is -0.143. The van der Waals surface area contributed by atoms with Crippen molar-refractivity contribution in [1.29, 1.82) is 0 Å². The molecular formula is C18H20FNO3. The first-order chi connectivity index (χ1) is 11.0. The Kier molecular flexibility index (Phi) is 5.71. The topological polar surface area (TPSA) is 49.8 Å². The summed E-state index contributed by atoms with van der Waals surface area (Å²) >= 11 is 0. The first-order valence-corrected chi connectivity index (χ1v) is 7.36. The molecule has 4 nitrogen and oxygen atoms in total. The second-order valence-electron chi connectivity index (χ2n) is 5.39. The molecule has 2 aromatic carbocycles. The van der Waals surface area contributed by atoms with Crippen LogP contribution >= 0.6 is 0 Å². The van der Waals surface area contributed by atoms with Gasteiger partial charge in [0.15, 0.2) is 0 Å². The summed E-state index contributed by atoms with van der Waals surface area (Å²) in [6.07, 6.45) is 0. The van der Waals surface area contributed by atoms with Crippen LogP contribution in [0.5, 0.6) is 5.75 Å². The Labute approximate surface area is 135 Å². The van der Waals surface area contributed by atoms with E-state index < -0.39 is 12.0 Å². The number of aliphatic carboxylic acids is 1. The van der Waals surface area contributed by atoms with Crippen LogP contribution in [0.3, 0.4) is 0 Å². The quantitative estimate of drug-likeness (QED) is 0.851. The average molecular weight is 317 g/mol. The van der Waals surface area contributed by atoms with Gasteiger partial charge in [0.05, 0.1) is 0 Å². The number of halogens is 1. The van der Waals surface area contributed by atoms with Crippen LogP contribution in [0.15, 0.2) is 48.5 Å². The Bertz CT molecular complexity index is 661. The van der Waals surface area contributed by atoms with E-state index in [1.54, 1.807) is 24.9 Å². The van der Waals surface area contributed by atoms with Crippen LogP contribution in [0.25, 0.3) is 0 Å². The number of para-hydroxylation sites is 1. The van der Waals surface area contributed by atoms with Gasteiger partial charge in [-0.2, -0.15) is 0 Å². The molecule has 0 heterocycles. The number of nitrogens with zero attached hydrogens (tertiary/aromatic N) is 1. The van der Waals surface area contributed by atoms with Gasteiger partial charge in [0.1, 0.15) is 24.2 Å². The number of ether oxygens (including phenoxy) is 1. The SMILES string of the molecule is Cc1cc(C(C(=O)O)N(C)CCOc2ccccc2)ccc1F. The van der Waals surface area contributed by atoms with Gasteiger partial charge in [0, 0.05) is 6.54 Å². The monoisotopic (exact) mass is 317 g/mol. The van der Waals surface area contributed by atoms with Gasteiger partial charge in [-0.25, -0.2) is 4.39 Å². The molecule has 1 atom stereocenters. The van der Waals surface area contributed by atoms with Crippen LogP contribution in [0.1, 0.15) is 17.2 Å². The van der Waals surface area contributed by atoms with Crippen LogP contribution in [0.4, 0.5) is 4.39 Å². The van der Waals surface area contributed by atoms with Crippen LogP contribution in [0.2, 0.25) is 0 Å². The lowest BCUT2D eigenvalue weighted by Crippen LogP contribution is -2.34. The van der Waals surface area contributed by atoms with Crippen molar-refractivity contribution < 1.29 is 19.0 Å². The molecule has 1 unspecified atom stereocenters. The first-order valence-electron chi connectivity index (χ1n) is 7.36. The average Bonchev–Trinajstić information content (AvgIpc) is 2.52. The van der Waals surface area contributed by atoms with E-state index in [1.807, 2.05) is 30.3 Å². The summed E-state index contributed by atoms with van der Waals surface area (Å²) in [7, 11) is 1.71. The smallest absolute Gasteiger partial charge is 0.325 e. The van der Waals surface area contributed by atoms with E-state index in [4.69, 9.17) is 4.74 Å². The Morgan fingerprint density at radius 1 is 1.26 bits per heavy atom. The van der Waals surface area contributed by atoms with E-state index in [9.17, 15) is 14.3 Å². The predicted octanol–water partition coefficient (Wildman–Crippen LogP) is 3.27. The molecule has 0 fully saturated rings. The Morgan fingerprint density at radius 3 is 2.57 bits per heavy atom. The summed E-state index contributed by atoms with van der Waals surface area (Å²) in [6, 6.07) is 12.9. The van der Waals surface area contributed by atoms with Gasteiger partial charge >= 0.3 is 5.97 Å². The van der Waals surface area contributed by atoms with Crippen molar-refractivity contribution in [3.8, 4) is 5.75 Å². The highest BCUT2D eigenvalue weighted by atomic mass is 19.1. The minimum Gasteiger partial charge on any atom is -0.492 e. The van der Waals surface area contributed by atoms with E-state index in [-0.39, 0.29) is 5.82 Å². The lowest BCUT2D eigenvalue weighted by Gasteiger charge is -2.25. The maximum absolute atomic E-state index is 13.4. The molecule has 0 aliphatic heterocycles. The molecule has 0 saturated carbocycles. The van der Waals surface area contributed by atoms with E-state index >= 15 is 0 Å². The zero-order valence-corrected chi connectivity index (χ0v) is 13.2. The molecule has 0 aliphatic rings. The fourth-order valence-corrected chi connectivity index (χ4v) is 2.38. The Balaban J connectivity index is 2.02. The fraction of sp³-hybridized carbons (Fsp3) is 0.278. The third-order valence-corrected chi connectivity index (χ3v) is 3.63. The molecule has 0 spiro atoms. The van der Waals surface area contributed by atoms with Crippen molar-refractivity contribution in [2.45, 2.75) is 13.0 Å². The second-order valence-corrected chi connectivity index (χ2v) is 5.39. The molecule has 2 aromatic rings. The maximum Gasteiger partial charge on any atom is 0.325 e. The molecule has 0 amide bonds. The van der Waals surface area contributed by atoms with Crippen LogP contribution < -0.4 is 4.74 Å². The number of rotatable bonds is 7. The van der Waals surface area contributed by atoms with E-state index in [0.29, 0.717) is 24.3 Å². The normalized spacial score (nSPS) is 12.2. The van der Waals surface area contributed by atoms with Crippen molar-refractivity contribution in [1.82, 2.24) is 4.90 Å². The number of aryl methyl sites for hydroxylation is 1. The van der Waals surface area contributed by atoms with Gasteiger partial charge in [-0.1, -0.05) is 30.3 Å². The first kappa shape index (κ1) is 17.0. The largest absolute Gasteiger partial charge is 0.492 e. The second kappa shape index (κ2) is 7.74. The predicted molar refractivity (Wildman–Crippen MR) is 86.1 cm³/mol. The molecule has 23 heavy (non-hydrogen) atoms. The number of hydrogen-bond acceptors (Lipinski definition) is 3. The van der Waals surface area contributed by atoms with Crippen LogP contribution in [-0.2, 0) is 4.79 Å². The van der Waals surface area contributed by atoms with Crippen molar-refractivity contribution >= 4 is 5.97 Å². The number of carbonyl (C=O) groups is 1. The molecular weight excluding hydrogens is 297 g/mol. The van der Waals surface area contributed by atoms with E-state index in [2.05, 4.69) is 0 Å². The molecule has 122 valence electrons. The molecule has 0 aromatic heterocycles. The molecule has 0 radical (unpaired) electrons. The number of hydrogen-bond donors (Lipinski definition) is 1. The van der Waals surface area contributed by atoms with Crippen LogP contribution in [0, 0.1) is 12.7 Å². The van der Waals surface area contributed by atoms with Crippen molar-refractivity contribution in [2.24, 2.45) is 0 Å². The van der Waals surface area contributed by atoms with Gasteiger partial charge < -0.3 is 9.84 Å². The van der Waals surface area contributed by atoms with Gasteiger partial charge in [0.2, 0.25) is 0 Å². The number of carboxylic acid groups (broad SMARTS) is 1. The Morgan fingerprint density at radius 2 is 1.96 bits per heavy atom. The summed E-state index contributed by atoms with van der Waals surface area (Å²) < 4.78 is 19.0. The number of likely N-dealkylation sites (N-methyl/N-ethyl adjacent to an activating group) is 1. The summed E-state index contributed by atoms with van der Waals surface area (Å²) in [5.41, 5.74) is 0.987. The standard InChI is InChI=1S/C18H20FNO3/c1-13-12-14(8-9-16(13)19)17(18(21)22)20(2)10-11-23-15-6-4-3-5-7-15/h3-9,12,17H,10-11H2,1-2H3,(H,21,22). The van der Waals surface area contributed by atoms with Crippen molar-refractivity contribution in [3.05, 3.63) is 65.5 Å². The van der Waals surface area contributed by atoms with Gasteiger partial charge in [0.25, 0.3) is 0 Å². The zero-order chi connectivity index (χ0) is 16.8. The summed E-state index contributed by atoms with van der Waals surface area (Å²) in [5, 5.41) is 9.50. The molecule has 0 bridgehead atoms. The van der Waals surface area contributed by atoms with Crippen LogP contribution in [-0.4, -0.2) is 36.2 Å². The van der Waals surface area contributed by atoms with Gasteiger partial charge in [-0.3, -0.25) is 9.69 Å². The third-order valence-electron chi connectivity index (χ3n) is 3.63. The van der Waals surface area contributed by atoms with Crippen molar-refractivity contribution in [3.63, 3.8) is 0 Å². The highest BCUT2D eigenvalue weighted by molar-refractivity contribution is 5.75. The fourth-order valence-electron chi connectivity index (χ4n) is 2.38. The van der Waals surface area contributed by atoms with Crippen molar-refractivity contribution in [2.75, 3.05) is 20.2 Å². The summed E-state index contributed by atoms with van der Waals surface area (Å²) in [5.74, 6) is -0.573. The highest BCUT2D eigenvalue weighted by Crippen LogP contribution is 2.22. The minimum absolute atomic E-state index is 0.340. The lowest BCUT2D eigenvalue weighted by atomic mass is 10.0. The molecule has 5 heteroatoms. The number of benzene rings is 2. The molecule has 1 N–H and O–H groups in total. The van der Waals surface area contributed by atoms with E-state index in [0.717, 1.165) is 5.75 Å². The summed E-state index contributed by atoms with van der Waals surface area (Å²) in [4.78, 5) is 13.3.